The van der Waals surface area contributed by atoms with Crippen molar-refractivity contribution in [3.63, 3.8) is 0 Å². The van der Waals surface area contributed by atoms with Crippen molar-refractivity contribution in [2.24, 2.45) is 0 Å². The Kier molecular flexibility index (Phi) is 51.9. The summed E-state index contributed by atoms with van der Waals surface area (Å²) < 4.78 is 0. The quantitative estimate of drug-likeness (QED) is 0.0489. The summed E-state index contributed by atoms with van der Waals surface area (Å²) in [7, 11) is 0. The maximum atomic E-state index is 11.7. The maximum Gasteiger partial charge on any atom is 0.331 e. The molecule has 0 radical (unpaired) electrons. The zero-order valence-corrected chi connectivity index (χ0v) is 42.1. The molecule has 0 aliphatic rings. The first-order chi connectivity index (χ1) is 29.6. The van der Waals surface area contributed by atoms with E-state index in [1.165, 1.54) is 320 Å². The molecule has 0 saturated carbocycles. The van der Waals surface area contributed by atoms with Crippen LogP contribution in [0.25, 0.3) is 0 Å². The van der Waals surface area contributed by atoms with Gasteiger partial charge in [-0.3, -0.25) is 0 Å². The molecule has 2 heteroatoms. The van der Waals surface area contributed by atoms with Gasteiger partial charge < -0.3 is 5.11 Å². The van der Waals surface area contributed by atoms with Crippen LogP contribution in [-0.4, -0.2) is 11.1 Å². The SMILES string of the molecule is CCCCCCCCCCCCCCCCCCCCCCCCCCCCCCCCCCC(CCCCCCCCCCCCCCCCCCCC)=C(C)C(=O)O. The van der Waals surface area contributed by atoms with Gasteiger partial charge in [-0.25, -0.2) is 4.79 Å². The Labute approximate surface area is 380 Å². The Balaban J connectivity index is 3.44. The van der Waals surface area contributed by atoms with E-state index in [1.54, 1.807) is 0 Å². The van der Waals surface area contributed by atoms with E-state index in [2.05, 4.69) is 13.8 Å². The van der Waals surface area contributed by atoms with Crippen LogP contribution in [0.5, 0.6) is 0 Å². The molecule has 2 nitrogen and oxygen atoms in total. The number of rotatable bonds is 53. The summed E-state index contributed by atoms with van der Waals surface area (Å²) in [6.07, 6.45) is 73.0. The minimum absolute atomic E-state index is 0.628. The van der Waals surface area contributed by atoms with Crippen molar-refractivity contribution in [3.8, 4) is 0 Å². The highest BCUT2D eigenvalue weighted by Gasteiger charge is 2.09. The van der Waals surface area contributed by atoms with Gasteiger partial charge in [-0.05, 0) is 32.6 Å². The van der Waals surface area contributed by atoms with Crippen molar-refractivity contribution >= 4 is 5.97 Å². The highest BCUT2D eigenvalue weighted by atomic mass is 16.4. The van der Waals surface area contributed by atoms with E-state index < -0.39 is 5.97 Å². The summed E-state index contributed by atoms with van der Waals surface area (Å²) in [5.74, 6) is -0.705. The lowest BCUT2D eigenvalue weighted by Gasteiger charge is -2.11. The summed E-state index contributed by atoms with van der Waals surface area (Å²) in [5.41, 5.74) is 1.85. The molecule has 0 fully saturated rings. The second-order valence-electron chi connectivity index (χ2n) is 20.0. The zero-order chi connectivity index (χ0) is 43.5. The number of carboxylic acids is 1. The van der Waals surface area contributed by atoms with Gasteiger partial charge in [0.25, 0.3) is 0 Å². The van der Waals surface area contributed by atoms with Gasteiger partial charge in [-0.2, -0.15) is 0 Å². The molecule has 0 unspecified atom stereocenters. The van der Waals surface area contributed by atoms with Crippen molar-refractivity contribution in [2.75, 3.05) is 0 Å². The standard InChI is InChI=1S/C58H114O2/c1-4-6-8-10-12-14-16-18-20-22-24-25-26-27-28-29-30-31-32-33-34-35-36-37-39-41-43-45-47-49-51-53-55-57(56(3)58(59)60)54-52-50-48-46-44-42-40-38-23-21-19-17-15-13-11-9-7-5-2/h4-55H2,1-3H3,(H,59,60). The summed E-state index contributed by atoms with van der Waals surface area (Å²) in [5, 5.41) is 9.66. The Morgan fingerprint density at radius 2 is 0.383 bits per heavy atom. The van der Waals surface area contributed by atoms with E-state index in [9.17, 15) is 9.90 Å². The van der Waals surface area contributed by atoms with Gasteiger partial charge in [0.1, 0.15) is 0 Å². The predicted molar refractivity (Wildman–Crippen MR) is 272 cm³/mol. The lowest BCUT2D eigenvalue weighted by atomic mass is 9.95. The van der Waals surface area contributed by atoms with E-state index in [-0.39, 0.29) is 0 Å². The molecule has 0 atom stereocenters. The lowest BCUT2D eigenvalue weighted by Crippen LogP contribution is -2.02. The van der Waals surface area contributed by atoms with Crippen molar-refractivity contribution in [3.05, 3.63) is 11.1 Å². The average molecular weight is 844 g/mol. The van der Waals surface area contributed by atoms with E-state index >= 15 is 0 Å². The van der Waals surface area contributed by atoms with E-state index in [0.717, 1.165) is 19.3 Å². The molecule has 0 aliphatic carbocycles. The van der Waals surface area contributed by atoms with Gasteiger partial charge in [-0.1, -0.05) is 328 Å². The average Bonchev–Trinajstić information content (AvgIpc) is 3.25. The van der Waals surface area contributed by atoms with Crippen LogP contribution in [0.2, 0.25) is 0 Å². The first-order valence-electron chi connectivity index (χ1n) is 28.5. The molecular formula is C58H114O2. The Morgan fingerprint density at radius 1 is 0.250 bits per heavy atom. The van der Waals surface area contributed by atoms with Crippen LogP contribution in [0.4, 0.5) is 0 Å². The number of carbonyl (C=O) groups is 1. The molecule has 0 heterocycles. The summed E-state index contributed by atoms with van der Waals surface area (Å²) in [6, 6.07) is 0. The molecule has 0 aliphatic heterocycles. The number of hydrogen-bond acceptors (Lipinski definition) is 1. The van der Waals surface area contributed by atoms with Crippen molar-refractivity contribution in [1.29, 1.82) is 0 Å². The highest BCUT2D eigenvalue weighted by Crippen LogP contribution is 2.23. The fourth-order valence-electron chi connectivity index (χ4n) is 9.61. The van der Waals surface area contributed by atoms with Crippen LogP contribution >= 0.6 is 0 Å². The highest BCUT2D eigenvalue weighted by molar-refractivity contribution is 5.86. The molecule has 1 N–H and O–H groups in total. The fourth-order valence-corrected chi connectivity index (χ4v) is 9.61. The molecule has 0 saturated heterocycles. The number of allylic oxidation sites excluding steroid dienone is 1. The molecule has 358 valence electrons. The second-order valence-corrected chi connectivity index (χ2v) is 20.0. The minimum atomic E-state index is -0.705. The smallest absolute Gasteiger partial charge is 0.331 e. The Morgan fingerprint density at radius 3 is 0.517 bits per heavy atom. The first kappa shape index (κ1) is 59.2. The van der Waals surface area contributed by atoms with Gasteiger partial charge in [0.15, 0.2) is 0 Å². The largest absolute Gasteiger partial charge is 0.478 e. The molecule has 0 rings (SSSR count). The molecule has 0 aromatic carbocycles. The summed E-state index contributed by atoms with van der Waals surface area (Å²) in [6.45, 7) is 6.45. The van der Waals surface area contributed by atoms with Gasteiger partial charge in [-0.15, -0.1) is 0 Å². The van der Waals surface area contributed by atoms with E-state index in [4.69, 9.17) is 0 Å². The normalized spacial score (nSPS) is 12.1. The topological polar surface area (TPSA) is 37.3 Å². The lowest BCUT2D eigenvalue weighted by molar-refractivity contribution is -0.132. The molecule has 0 spiro atoms. The maximum absolute atomic E-state index is 11.7. The minimum Gasteiger partial charge on any atom is -0.478 e. The Hall–Kier alpha value is -0.790. The molecule has 0 amide bonds. The van der Waals surface area contributed by atoms with Crippen LogP contribution < -0.4 is 0 Å². The molecule has 0 aromatic heterocycles. The van der Waals surface area contributed by atoms with Crippen LogP contribution in [-0.2, 0) is 4.79 Å². The van der Waals surface area contributed by atoms with Gasteiger partial charge in [0, 0.05) is 5.57 Å². The third-order valence-electron chi connectivity index (χ3n) is 14.0. The fraction of sp³-hybridized carbons (Fsp3) is 0.948. The first-order valence-corrected chi connectivity index (χ1v) is 28.5. The third-order valence-corrected chi connectivity index (χ3v) is 14.0. The number of carboxylic acid groups (broad SMARTS) is 1. The zero-order valence-electron chi connectivity index (χ0n) is 42.1. The van der Waals surface area contributed by atoms with Crippen LogP contribution in [0, 0.1) is 0 Å². The van der Waals surface area contributed by atoms with Crippen molar-refractivity contribution in [2.45, 2.75) is 355 Å². The Bertz CT molecular complexity index is 844. The third kappa shape index (κ3) is 48.2. The van der Waals surface area contributed by atoms with Crippen molar-refractivity contribution in [1.82, 2.24) is 0 Å². The van der Waals surface area contributed by atoms with Crippen LogP contribution in [0.15, 0.2) is 11.1 Å². The molecular weight excluding hydrogens is 729 g/mol. The number of aliphatic carboxylic acids is 1. The number of unbranched alkanes of at least 4 members (excludes halogenated alkanes) is 48. The molecule has 60 heavy (non-hydrogen) atoms. The summed E-state index contributed by atoms with van der Waals surface area (Å²) in [4.78, 5) is 11.7. The predicted octanol–water partition coefficient (Wildman–Crippen LogP) is 21.7. The van der Waals surface area contributed by atoms with Gasteiger partial charge in [0.05, 0.1) is 0 Å². The molecule has 0 bridgehead atoms. The van der Waals surface area contributed by atoms with Crippen LogP contribution in [0.1, 0.15) is 355 Å². The number of hydrogen-bond donors (Lipinski definition) is 1. The van der Waals surface area contributed by atoms with Crippen molar-refractivity contribution < 1.29 is 9.90 Å². The van der Waals surface area contributed by atoms with Gasteiger partial charge >= 0.3 is 5.97 Å². The molecule has 0 aromatic rings. The van der Waals surface area contributed by atoms with Crippen LogP contribution in [0.3, 0.4) is 0 Å². The van der Waals surface area contributed by atoms with E-state index in [0.29, 0.717) is 5.57 Å². The van der Waals surface area contributed by atoms with E-state index in [1.807, 2.05) is 6.92 Å². The summed E-state index contributed by atoms with van der Waals surface area (Å²) >= 11 is 0. The second kappa shape index (κ2) is 52.6. The van der Waals surface area contributed by atoms with Gasteiger partial charge in [0.2, 0.25) is 0 Å². The monoisotopic (exact) mass is 843 g/mol.